The highest BCUT2D eigenvalue weighted by atomic mass is 16.4. The summed E-state index contributed by atoms with van der Waals surface area (Å²) in [5.41, 5.74) is 10.7. The highest BCUT2D eigenvalue weighted by Crippen LogP contribution is 2.04. The SMILES string of the molecule is NCc1cnc(N)nc1C(=O)O. The molecule has 0 fully saturated rings. The summed E-state index contributed by atoms with van der Waals surface area (Å²) in [5.74, 6) is -1.21. The molecule has 0 aliphatic carbocycles. The first-order valence-electron chi connectivity index (χ1n) is 3.20. The highest BCUT2D eigenvalue weighted by Gasteiger charge is 2.11. The van der Waals surface area contributed by atoms with E-state index in [0.717, 1.165) is 0 Å². The Bertz CT molecular complexity index is 312. The second-order valence-corrected chi connectivity index (χ2v) is 2.11. The number of carbonyl (C=O) groups is 1. The summed E-state index contributed by atoms with van der Waals surface area (Å²) in [6.07, 6.45) is 1.31. The molecule has 0 aliphatic rings. The Morgan fingerprint density at radius 2 is 2.33 bits per heavy atom. The molecule has 1 heterocycles. The molecule has 5 N–H and O–H groups in total. The summed E-state index contributed by atoms with van der Waals surface area (Å²) in [4.78, 5) is 17.7. The molecule has 0 bridgehead atoms. The zero-order valence-corrected chi connectivity index (χ0v) is 6.19. The number of aromatic carboxylic acids is 1. The van der Waals surface area contributed by atoms with Gasteiger partial charge in [-0.2, -0.15) is 0 Å². The van der Waals surface area contributed by atoms with Gasteiger partial charge in [0.25, 0.3) is 0 Å². The van der Waals surface area contributed by atoms with Crippen LogP contribution in [0.4, 0.5) is 5.95 Å². The van der Waals surface area contributed by atoms with Crippen LogP contribution in [0.25, 0.3) is 0 Å². The van der Waals surface area contributed by atoms with E-state index < -0.39 is 5.97 Å². The zero-order valence-electron chi connectivity index (χ0n) is 6.19. The van der Waals surface area contributed by atoms with Gasteiger partial charge in [-0.15, -0.1) is 0 Å². The smallest absolute Gasteiger partial charge is 0.355 e. The molecule has 1 rings (SSSR count). The Balaban J connectivity index is 3.21. The minimum absolute atomic E-state index is 0.0652. The van der Waals surface area contributed by atoms with E-state index in [9.17, 15) is 4.79 Å². The normalized spacial score (nSPS) is 9.75. The largest absolute Gasteiger partial charge is 0.476 e. The molecule has 0 aromatic carbocycles. The van der Waals surface area contributed by atoms with Crippen LogP contribution in [0.3, 0.4) is 0 Å². The van der Waals surface area contributed by atoms with Gasteiger partial charge in [-0.25, -0.2) is 14.8 Å². The standard InChI is InChI=1S/C6H8N4O2/c7-1-3-2-9-6(8)10-4(3)5(11)12/h2H,1,7H2,(H,11,12)(H2,8,9,10). The summed E-state index contributed by atoms with van der Waals surface area (Å²) >= 11 is 0. The Morgan fingerprint density at radius 1 is 1.67 bits per heavy atom. The van der Waals surface area contributed by atoms with Gasteiger partial charge in [0.15, 0.2) is 5.69 Å². The van der Waals surface area contributed by atoms with Gasteiger partial charge in [-0.05, 0) is 0 Å². The molecule has 0 spiro atoms. The van der Waals surface area contributed by atoms with Crippen LogP contribution >= 0.6 is 0 Å². The lowest BCUT2D eigenvalue weighted by molar-refractivity contribution is 0.0689. The first-order chi connectivity index (χ1) is 5.65. The fraction of sp³-hybridized carbons (Fsp3) is 0.167. The molecule has 12 heavy (non-hydrogen) atoms. The van der Waals surface area contributed by atoms with Crippen molar-refractivity contribution in [3.05, 3.63) is 17.5 Å². The Morgan fingerprint density at radius 3 is 2.83 bits per heavy atom. The van der Waals surface area contributed by atoms with E-state index in [4.69, 9.17) is 16.6 Å². The molecule has 1 aromatic rings. The minimum atomic E-state index is -1.15. The minimum Gasteiger partial charge on any atom is -0.476 e. The molecule has 0 unspecified atom stereocenters. The van der Waals surface area contributed by atoms with Crippen LogP contribution in [0.5, 0.6) is 0 Å². The molecule has 0 saturated heterocycles. The van der Waals surface area contributed by atoms with Gasteiger partial charge in [0.05, 0.1) is 0 Å². The third-order valence-electron chi connectivity index (χ3n) is 1.31. The number of carboxylic acids is 1. The van der Waals surface area contributed by atoms with Crippen LogP contribution in [-0.4, -0.2) is 21.0 Å². The summed E-state index contributed by atoms with van der Waals surface area (Å²) in [7, 11) is 0. The molecule has 6 heteroatoms. The monoisotopic (exact) mass is 168 g/mol. The van der Waals surface area contributed by atoms with Crippen molar-refractivity contribution in [2.45, 2.75) is 6.54 Å². The first-order valence-corrected chi connectivity index (χ1v) is 3.20. The topological polar surface area (TPSA) is 115 Å². The van der Waals surface area contributed by atoms with E-state index in [1.54, 1.807) is 0 Å². The van der Waals surface area contributed by atoms with Gasteiger partial charge in [0, 0.05) is 18.3 Å². The van der Waals surface area contributed by atoms with E-state index in [-0.39, 0.29) is 18.2 Å². The maximum atomic E-state index is 10.5. The van der Waals surface area contributed by atoms with Crippen molar-refractivity contribution >= 4 is 11.9 Å². The summed E-state index contributed by atoms with van der Waals surface area (Å²) in [6.45, 7) is 0.0852. The van der Waals surface area contributed by atoms with Gasteiger partial charge >= 0.3 is 5.97 Å². The van der Waals surface area contributed by atoms with E-state index in [0.29, 0.717) is 5.56 Å². The number of hydrogen-bond acceptors (Lipinski definition) is 5. The molecule has 0 atom stereocenters. The van der Waals surface area contributed by atoms with Gasteiger partial charge < -0.3 is 16.6 Å². The molecule has 0 aliphatic heterocycles. The molecular weight excluding hydrogens is 160 g/mol. The van der Waals surface area contributed by atoms with Crippen LogP contribution in [-0.2, 0) is 6.54 Å². The molecular formula is C6H8N4O2. The van der Waals surface area contributed by atoms with E-state index in [1.165, 1.54) is 6.20 Å². The Hall–Kier alpha value is -1.69. The number of hydrogen-bond donors (Lipinski definition) is 3. The molecule has 0 saturated carbocycles. The molecule has 64 valence electrons. The van der Waals surface area contributed by atoms with Crippen LogP contribution in [0, 0.1) is 0 Å². The number of rotatable bonds is 2. The van der Waals surface area contributed by atoms with Crippen molar-refractivity contribution in [1.29, 1.82) is 0 Å². The maximum Gasteiger partial charge on any atom is 0.355 e. The van der Waals surface area contributed by atoms with Crippen molar-refractivity contribution in [3.8, 4) is 0 Å². The predicted octanol–water partition coefficient (Wildman–Crippen LogP) is -0.784. The highest BCUT2D eigenvalue weighted by molar-refractivity contribution is 5.87. The number of nitrogen functional groups attached to an aromatic ring is 1. The molecule has 1 aromatic heterocycles. The summed E-state index contributed by atoms with van der Waals surface area (Å²) < 4.78 is 0. The van der Waals surface area contributed by atoms with Crippen LogP contribution in [0.2, 0.25) is 0 Å². The van der Waals surface area contributed by atoms with E-state index in [2.05, 4.69) is 9.97 Å². The molecule has 0 radical (unpaired) electrons. The van der Waals surface area contributed by atoms with Gasteiger partial charge in [0.1, 0.15) is 0 Å². The van der Waals surface area contributed by atoms with Gasteiger partial charge in [-0.3, -0.25) is 0 Å². The quantitative estimate of drug-likeness (QED) is 0.533. The summed E-state index contributed by atoms with van der Waals surface area (Å²) in [6, 6.07) is 0. The third-order valence-corrected chi connectivity index (χ3v) is 1.31. The number of carboxylic acid groups (broad SMARTS) is 1. The van der Waals surface area contributed by atoms with Crippen molar-refractivity contribution < 1.29 is 9.90 Å². The van der Waals surface area contributed by atoms with E-state index >= 15 is 0 Å². The zero-order chi connectivity index (χ0) is 9.14. The average molecular weight is 168 g/mol. The maximum absolute atomic E-state index is 10.5. The number of nitrogens with two attached hydrogens (primary N) is 2. The van der Waals surface area contributed by atoms with Crippen molar-refractivity contribution in [1.82, 2.24) is 9.97 Å². The first kappa shape index (κ1) is 8.41. The van der Waals surface area contributed by atoms with Crippen molar-refractivity contribution in [3.63, 3.8) is 0 Å². The van der Waals surface area contributed by atoms with Crippen molar-refractivity contribution in [2.75, 3.05) is 5.73 Å². The lowest BCUT2D eigenvalue weighted by Crippen LogP contribution is -2.12. The Kier molecular flexibility index (Phi) is 2.20. The average Bonchev–Trinajstić information content (AvgIpc) is 2.04. The molecule has 0 amide bonds. The predicted molar refractivity (Wildman–Crippen MR) is 41.3 cm³/mol. The lowest BCUT2D eigenvalue weighted by Gasteiger charge is -2.01. The fourth-order valence-corrected chi connectivity index (χ4v) is 0.755. The third kappa shape index (κ3) is 1.48. The van der Waals surface area contributed by atoms with Crippen LogP contribution < -0.4 is 11.5 Å². The Labute approximate surface area is 68.2 Å². The van der Waals surface area contributed by atoms with Crippen LogP contribution in [0.1, 0.15) is 16.1 Å². The number of anilines is 1. The van der Waals surface area contributed by atoms with Crippen LogP contribution in [0.15, 0.2) is 6.20 Å². The van der Waals surface area contributed by atoms with Gasteiger partial charge in [0.2, 0.25) is 5.95 Å². The number of nitrogens with zero attached hydrogens (tertiary/aromatic N) is 2. The number of aromatic nitrogens is 2. The summed E-state index contributed by atoms with van der Waals surface area (Å²) in [5, 5.41) is 8.62. The second-order valence-electron chi connectivity index (χ2n) is 2.11. The fourth-order valence-electron chi connectivity index (χ4n) is 0.755. The van der Waals surface area contributed by atoms with Gasteiger partial charge in [-0.1, -0.05) is 0 Å². The van der Waals surface area contributed by atoms with Crippen molar-refractivity contribution in [2.24, 2.45) is 5.73 Å². The van der Waals surface area contributed by atoms with E-state index in [1.807, 2.05) is 0 Å². The second kappa shape index (κ2) is 3.14. The lowest BCUT2D eigenvalue weighted by atomic mass is 10.2. The molecule has 6 nitrogen and oxygen atoms in total.